The Morgan fingerprint density at radius 3 is 2.55 bits per heavy atom. The summed E-state index contributed by atoms with van der Waals surface area (Å²) in [6, 6.07) is -0.406. The molecule has 0 aliphatic carbocycles. The zero-order valence-electron chi connectivity index (χ0n) is 11.5. The summed E-state index contributed by atoms with van der Waals surface area (Å²) in [5.74, 6) is -1.10. The molecule has 2 atom stereocenters. The normalized spacial score (nSPS) is 22.5. The molecule has 9 heteroatoms. The highest BCUT2D eigenvalue weighted by Crippen LogP contribution is 2.19. The van der Waals surface area contributed by atoms with E-state index >= 15 is 0 Å². The zero-order valence-corrected chi connectivity index (χ0v) is 12.4. The van der Waals surface area contributed by atoms with E-state index in [1.54, 1.807) is 0 Å². The number of sulfone groups is 1. The Morgan fingerprint density at radius 2 is 2.05 bits per heavy atom. The molecule has 1 heterocycles. The van der Waals surface area contributed by atoms with Gasteiger partial charge in [-0.3, -0.25) is 0 Å². The molecule has 8 nitrogen and oxygen atoms in total. The minimum Gasteiger partial charge on any atom is -0.479 e. The molecule has 0 radical (unpaired) electrons. The van der Waals surface area contributed by atoms with E-state index in [0.29, 0.717) is 12.8 Å². The maximum atomic E-state index is 11.7. The molecule has 2 unspecified atom stereocenters. The number of hydrogen-bond donors (Lipinski definition) is 2. The molecule has 1 aliphatic rings. The fraction of sp³-hybridized carbons (Fsp3) is 0.818. The Kier molecular flexibility index (Phi) is 5.75. The molecule has 1 saturated heterocycles. The summed E-state index contributed by atoms with van der Waals surface area (Å²) >= 11 is 0. The first-order chi connectivity index (χ1) is 9.19. The highest BCUT2D eigenvalue weighted by atomic mass is 32.2. The Hall–Kier alpha value is -1.35. The molecule has 0 saturated carbocycles. The van der Waals surface area contributed by atoms with Gasteiger partial charge >= 0.3 is 12.0 Å². The molecular formula is C11H20N2O6S. The van der Waals surface area contributed by atoms with Crippen LogP contribution in [0.3, 0.4) is 0 Å². The molecule has 2 amide bonds. The number of carbonyl (C=O) groups is 2. The first-order valence-electron chi connectivity index (χ1n) is 6.24. The SMILES string of the molecule is CN(CCS(C)(=O)=O)C(=O)NCC1CCC(C(=O)O)O1. The summed E-state index contributed by atoms with van der Waals surface area (Å²) in [7, 11) is -1.62. The van der Waals surface area contributed by atoms with Gasteiger partial charge in [0.15, 0.2) is 6.10 Å². The third-order valence-corrected chi connectivity index (χ3v) is 3.93. The lowest BCUT2D eigenvalue weighted by molar-refractivity contribution is -0.149. The topological polar surface area (TPSA) is 113 Å². The fourth-order valence-corrected chi connectivity index (χ4v) is 2.38. The van der Waals surface area contributed by atoms with Crippen LogP contribution in [0, 0.1) is 0 Å². The van der Waals surface area contributed by atoms with Crippen molar-refractivity contribution in [3.63, 3.8) is 0 Å². The maximum Gasteiger partial charge on any atom is 0.332 e. The van der Waals surface area contributed by atoms with E-state index in [2.05, 4.69) is 5.32 Å². The zero-order chi connectivity index (χ0) is 15.3. The molecule has 0 aromatic carbocycles. The lowest BCUT2D eigenvalue weighted by Gasteiger charge is -2.19. The van der Waals surface area contributed by atoms with Crippen LogP contribution in [0.1, 0.15) is 12.8 Å². The Morgan fingerprint density at radius 1 is 1.40 bits per heavy atom. The molecular weight excluding hydrogens is 288 g/mol. The second kappa shape index (κ2) is 6.89. The third kappa shape index (κ3) is 5.74. The van der Waals surface area contributed by atoms with Crippen molar-refractivity contribution in [2.75, 3.05) is 32.1 Å². The highest BCUT2D eigenvalue weighted by Gasteiger charge is 2.30. The van der Waals surface area contributed by atoms with Crippen molar-refractivity contribution in [1.29, 1.82) is 0 Å². The fourth-order valence-electron chi connectivity index (χ4n) is 1.78. The van der Waals surface area contributed by atoms with Crippen molar-refractivity contribution in [3.05, 3.63) is 0 Å². The summed E-state index contributed by atoms with van der Waals surface area (Å²) in [5, 5.41) is 11.4. The molecule has 2 N–H and O–H groups in total. The quantitative estimate of drug-likeness (QED) is 0.671. The predicted octanol–water partition coefficient (Wildman–Crippen LogP) is -0.695. The molecule has 1 fully saturated rings. The lowest BCUT2D eigenvalue weighted by Crippen LogP contribution is -2.42. The smallest absolute Gasteiger partial charge is 0.332 e. The number of ether oxygens (including phenoxy) is 1. The van der Waals surface area contributed by atoms with Gasteiger partial charge in [0.25, 0.3) is 0 Å². The van der Waals surface area contributed by atoms with Crippen molar-refractivity contribution in [2.45, 2.75) is 25.0 Å². The molecule has 0 aromatic rings. The maximum absolute atomic E-state index is 11.7. The standard InChI is InChI=1S/C11H20N2O6S/c1-13(5-6-20(2,17)18)11(16)12-7-8-3-4-9(19-8)10(14)15/h8-9H,3-7H2,1-2H3,(H,12,16)(H,14,15). The van der Waals surface area contributed by atoms with E-state index in [0.717, 1.165) is 6.26 Å². The van der Waals surface area contributed by atoms with E-state index in [-0.39, 0.29) is 24.9 Å². The summed E-state index contributed by atoms with van der Waals surface area (Å²) in [5.41, 5.74) is 0. The average Bonchev–Trinajstić information content (AvgIpc) is 2.81. The van der Waals surface area contributed by atoms with E-state index in [4.69, 9.17) is 9.84 Å². The first-order valence-corrected chi connectivity index (χ1v) is 8.30. The number of hydrogen-bond acceptors (Lipinski definition) is 5. The second-order valence-electron chi connectivity index (χ2n) is 4.90. The molecule has 0 spiro atoms. The molecule has 0 bridgehead atoms. The van der Waals surface area contributed by atoms with Crippen molar-refractivity contribution in [3.8, 4) is 0 Å². The molecule has 1 rings (SSSR count). The van der Waals surface area contributed by atoms with Crippen LogP contribution in [0.15, 0.2) is 0 Å². The number of nitrogens with zero attached hydrogens (tertiary/aromatic N) is 1. The van der Waals surface area contributed by atoms with Crippen LogP contribution >= 0.6 is 0 Å². The first kappa shape index (κ1) is 16.7. The molecule has 1 aliphatic heterocycles. The van der Waals surface area contributed by atoms with Gasteiger partial charge in [-0.05, 0) is 12.8 Å². The van der Waals surface area contributed by atoms with Crippen LogP contribution < -0.4 is 5.32 Å². The Balaban J connectivity index is 2.28. The summed E-state index contributed by atoms with van der Waals surface area (Å²) in [6.07, 6.45) is 0.990. The number of aliphatic carboxylic acids is 1. The van der Waals surface area contributed by atoms with Gasteiger partial charge < -0.3 is 20.1 Å². The minimum atomic E-state index is -3.11. The molecule has 20 heavy (non-hydrogen) atoms. The van der Waals surface area contributed by atoms with Gasteiger partial charge in [0.2, 0.25) is 0 Å². The van der Waals surface area contributed by atoms with E-state index in [9.17, 15) is 18.0 Å². The van der Waals surface area contributed by atoms with Gasteiger partial charge in [0.05, 0.1) is 11.9 Å². The van der Waals surface area contributed by atoms with Crippen LogP contribution in [0.25, 0.3) is 0 Å². The number of carboxylic acids is 1. The van der Waals surface area contributed by atoms with Gasteiger partial charge in [-0.1, -0.05) is 0 Å². The minimum absolute atomic E-state index is 0.0993. The second-order valence-corrected chi connectivity index (χ2v) is 7.16. The largest absolute Gasteiger partial charge is 0.479 e. The van der Waals surface area contributed by atoms with Crippen LogP contribution in [0.2, 0.25) is 0 Å². The van der Waals surface area contributed by atoms with E-state index < -0.39 is 27.9 Å². The number of rotatable bonds is 6. The van der Waals surface area contributed by atoms with E-state index in [1.807, 2.05) is 0 Å². The summed E-state index contributed by atoms with van der Waals surface area (Å²) < 4.78 is 27.2. The Bertz CT molecular complexity index is 464. The predicted molar refractivity (Wildman–Crippen MR) is 71.3 cm³/mol. The lowest BCUT2D eigenvalue weighted by atomic mass is 10.2. The number of nitrogens with one attached hydrogen (secondary N) is 1. The average molecular weight is 308 g/mol. The monoisotopic (exact) mass is 308 g/mol. The van der Waals surface area contributed by atoms with Gasteiger partial charge in [0.1, 0.15) is 9.84 Å². The highest BCUT2D eigenvalue weighted by molar-refractivity contribution is 7.90. The number of carbonyl (C=O) groups excluding carboxylic acids is 1. The van der Waals surface area contributed by atoms with Crippen LogP contribution in [0.4, 0.5) is 4.79 Å². The molecule has 116 valence electrons. The van der Waals surface area contributed by atoms with Gasteiger partial charge in [-0.15, -0.1) is 0 Å². The van der Waals surface area contributed by atoms with Crippen molar-refractivity contribution in [1.82, 2.24) is 10.2 Å². The summed E-state index contributed by atoms with van der Waals surface area (Å²) in [4.78, 5) is 23.6. The van der Waals surface area contributed by atoms with Gasteiger partial charge in [-0.2, -0.15) is 0 Å². The van der Waals surface area contributed by atoms with Crippen molar-refractivity contribution < 1.29 is 27.9 Å². The van der Waals surface area contributed by atoms with Crippen molar-refractivity contribution >= 4 is 21.8 Å². The van der Waals surface area contributed by atoms with Crippen LogP contribution in [-0.4, -0.2) is 74.8 Å². The third-order valence-electron chi connectivity index (χ3n) is 3.01. The van der Waals surface area contributed by atoms with Gasteiger partial charge in [0, 0.05) is 26.4 Å². The van der Waals surface area contributed by atoms with Crippen molar-refractivity contribution in [2.24, 2.45) is 0 Å². The number of urea groups is 1. The van der Waals surface area contributed by atoms with Crippen LogP contribution in [0.5, 0.6) is 0 Å². The number of carboxylic acid groups (broad SMARTS) is 1. The summed E-state index contributed by atoms with van der Waals surface area (Å²) in [6.45, 7) is 0.319. The van der Waals surface area contributed by atoms with Gasteiger partial charge in [-0.25, -0.2) is 18.0 Å². The molecule has 0 aromatic heterocycles. The van der Waals surface area contributed by atoms with E-state index in [1.165, 1.54) is 11.9 Å². The Labute approximate surface area is 118 Å². The van der Waals surface area contributed by atoms with Crippen LogP contribution in [-0.2, 0) is 19.4 Å². The number of amides is 2.